The van der Waals surface area contributed by atoms with E-state index >= 15 is 0 Å². The fourth-order valence-corrected chi connectivity index (χ4v) is 1.44. The summed E-state index contributed by atoms with van der Waals surface area (Å²) in [6, 6.07) is -0.820. The third-order valence-electron chi connectivity index (χ3n) is 2.36. The van der Waals surface area contributed by atoms with Crippen molar-refractivity contribution in [1.82, 2.24) is 0 Å². The Morgan fingerprint density at radius 1 is 1.53 bits per heavy atom. The normalized spacial score (nSPS) is 28.9. The van der Waals surface area contributed by atoms with Crippen molar-refractivity contribution in [1.29, 1.82) is 0 Å². The van der Waals surface area contributed by atoms with Crippen LogP contribution >= 0.6 is 0 Å². The lowest BCUT2D eigenvalue weighted by Crippen LogP contribution is -2.60. The molecule has 1 fully saturated rings. The van der Waals surface area contributed by atoms with Crippen molar-refractivity contribution in [3.8, 4) is 0 Å². The molecule has 0 bridgehead atoms. The first kappa shape index (κ1) is 12.4. The van der Waals surface area contributed by atoms with E-state index in [2.05, 4.69) is 0 Å². The zero-order chi connectivity index (χ0) is 11.7. The molecular weight excluding hydrogens is 196 g/mol. The van der Waals surface area contributed by atoms with Crippen molar-refractivity contribution in [2.75, 3.05) is 13.2 Å². The summed E-state index contributed by atoms with van der Waals surface area (Å²) >= 11 is 0. The van der Waals surface area contributed by atoms with Crippen molar-refractivity contribution < 1.29 is 14.3 Å². The van der Waals surface area contributed by atoms with Crippen LogP contribution in [0.1, 0.15) is 27.2 Å². The minimum Gasteiger partial charge on any atom is -0.459 e. The highest BCUT2D eigenvalue weighted by Crippen LogP contribution is 2.20. The molecule has 0 aromatic rings. The summed E-state index contributed by atoms with van der Waals surface area (Å²) < 4.78 is 10.3. The van der Waals surface area contributed by atoms with E-state index < -0.39 is 23.2 Å². The molecule has 88 valence electrons. The monoisotopic (exact) mass is 216 g/mol. The Balaban J connectivity index is 2.60. The summed E-state index contributed by atoms with van der Waals surface area (Å²) in [6.07, 6.45) is 0.591. The van der Waals surface area contributed by atoms with Gasteiger partial charge in [0.15, 0.2) is 0 Å². The molecule has 0 aromatic heterocycles. The summed E-state index contributed by atoms with van der Waals surface area (Å²) in [5.74, 6) is -0.462. The highest BCUT2D eigenvalue weighted by atomic mass is 16.6. The molecule has 5 nitrogen and oxygen atoms in total. The molecule has 1 aliphatic rings. The molecule has 5 heteroatoms. The van der Waals surface area contributed by atoms with Crippen LogP contribution in [-0.4, -0.2) is 36.4 Å². The van der Waals surface area contributed by atoms with Crippen LogP contribution in [0.5, 0.6) is 0 Å². The molecule has 0 saturated carbocycles. The Kier molecular flexibility index (Phi) is 3.38. The minimum atomic E-state index is -0.820. The van der Waals surface area contributed by atoms with Gasteiger partial charge in [-0.3, -0.25) is 4.79 Å². The summed E-state index contributed by atoms with van der Waals surface area (Å²) in [7, 11) is 0. The highest BCUT2D eigenvalue weighted by molar-refractivity contribution is 5.77. The van der Waals surface area contributed by atoms with Gasteiger partial charge in [0.25, 0.3) is 0 Å². The van der Waals surface area contributed by atoms with Crippen LogP contribution in [0.25, 0.3) is 0 Å². The first-order valence-electron chi connectivity index (χ1n) is 5.10. The number of carbonyl (C=O) groups excluding carboxylic acids is 1. The number of nitrogens with two attached hydrogens (primary N) is 2. The Morgan fingerprint density at radius 3 is 2.53 bits per heavy atom. The quantitative estimate of drug-likeness (QED) is 0.623. The maximum Gasteiger partial charge on any atom is 0.325 e. The van der Waals surface area contributed by atoms with Crippen LogP contribution in [0.4, 0.5) is 0 Å². The van der Waals surface area contributed by atoms with Gasteiger partial charge in [0.2, 0.25) is 0 Å². The first-order valence-corrected chi connectivity index (χ1v) is 5.10. The zero-order valence-corrected chi connectivity index (χ0v) is 9.58. The van der Waals surface area contributed by atoms with E-state index in [0.29, 0.717) is 19.6 Å². The number of hydrogen-bond donors (Lipinski definition) is 2. The topological polar surface area (TPSA) is 87.6 Å². The van der Waals surface area contributed by atoms with Crippen molar-refractivity contribution in [2.45, 2.75) is 44.4 Å². The molecule has 0 unspecified atom stereocenters. The van der Waals surface area contributed by atoms with E-state index in [9.17, 15) is 4.79 Å². The van der Waals surface area contributed by atoms with E-state index in [-0.39, 0.29) is 0 Å². The third-order valence-corrected chi connectivity index (χ3v) is 2.36. The second-order valence-corrected chi connectivity index (χ2v) is 5.05. The summed E-state index contributed by atoms with van der Waals surface area (Å²) in [6.45, 7) is 6.25. The predicted octanol–water partition coefficient (Wildman–Crippen LogP) is -0.227. The molecule has 0 spiro atoms. The molecule has 1 rings (SSSR count). The van der Waals surface area contributed by atoms with Crippen LogP contribution in [0.2, 0.25) is 0 Å². The van der Waals surface area contributed by atoms with E-state index in [1.165, 1.54) is 0 Å². The molecule has 0 aliphatic carbocycles. The largest absolute Gasteiger partial charge is 0.459 e. The standard InChI is InChI=1S/C10H20N2O3/c1-9(2,3)15-8(13)7(11)10(12)4-5-14-6-10/h7H,4-6,11-12H2,1-3H3/t7-,10-/m0/s1. The van der Waals surface area contributed by atoms with Crippen molar-refractivity contribution >= 4 is 5.97 Å². The lowest BCUT2D eigenvalue weighted by molar-refractivity contribution is -0.158. The maximum absolute atomic E-state index is 11.7. The van der Waals surface area contributed by atoms with Crippen LogP contribution in [0, 0.1) is 0 Å². The van der Waals surface area contributed by atoms with E-state index in [4.69, 9.17) is 20.9 Å². The van der Waals surface area contributed by atoms with Gasteiger partial charge in [-0.1, -0.05) is 0 Å². The second kappa shape index (κ2) is 4.08. The average Bonchev–Trinajstić information content (AvgIpc) is 2.49. The molecule has 1 aliphatic heterocycles. The molecule has 1 heterocycles. The van der Waals surface area contributed by atoms with Gasteiger partial charge >= 0.3 is 5.97 Å². The van der Waals surface area contributed by atoms with Crippen LogP contribution in [-0.2, 0) is 14.3 Å². The zero-order valence-electron chi connectivity index (χ0n) is 9.58. The van der Waals surface area contributed by atoms with Gasteiger partial charge in [0.05, 0.1) is 12.1 Å². The van der Waals surface area contributed by atoms with Crippen LogP contribution < -0.4 is 11.5 Å². The van der Waals surface area contributed by atoms with Crippen LogP contribution in [0.3, 0.4) is 0 Å². The van der Waals surface area contributed by atoms with Gasteiger partial charge in [0.1, 0.15) is 11.6 Å². The molecule has 0 radical (unpaired) electrons. The number of esters is 1. The van der Waals surface area contributed by atoms with Crippen molar-refractivity contribution in [3.63, 3.8) is 0 Å². The number of hydrogen-bond acceptors (Lipinski definition) is 5. The molecular formula is C10H20N2O3. The van der Waals surface area contributed by atoms with E-state index in [1.54, 1.807) is 20.8 Å². The van der Waals surface area contributed by atoms with Crippen molar-refractivity contribution in [2.24, 2.45) is 11.5 Å². The summed E-state index contributed by atoms with van der Waals surface area (Å²) in [4.78, 5) is 11.7. The van der Waals surface area contributed by atoms with Gasteiger partial charge in [0, 0.05) is 6.61 Å². The Labute approximate surface area is 90.1 Å². The maximum atomic E-state index is 11.7. The molecule has 4 N–H and O–H groups in total. The van der Waals surface area contributed by atoms with E-state index in [0.717, 1.165) is 0 Å². The van der Waals surface area contributed by atoms with Crippen LogP contribution in [0.15, 0.2) is 0 Å². The van der Waals surface area contributed by atoms with Gasteiger partial charge in [-0.05, 0) is 27.2 Å². The fraction of sp³-hybridized carbons (Fsp3) is 0.900. The predicted molar refractivity (Wildman–Crippen MR) is 56.2 cm³/mol. The average molecular weight is 216 g/mol. The molecule has 1 saturated heterocycles. The molecule has 15 heavy (non-hydrogen) atoms. The smallest absolute Gasteiger partial charge is 0.325 e. The third kappa shape index (κ3) is 3.15. The second-order valence-electron chi connectivity index (χ2n) is 5.05. The number of carbonyl (C=O) groups is 1. The summed E-state index contributed by atoms with van der Waals surface area (Å²) in [5, 5.41) is 0. The van der Waals surface area contributed by atoms with Crippen molar-refractivity contribution in [3.05, 3.63) is 0 Å². The Bertz CT molecular complexity index is 242. The van der Waals surface area contributed by atoms with Gasteiger partial charge in [-0.2, -0.15) is 0 Å². The SMILES string of the molecule is CC(C)(C)OC(=O)[C@H](N)[C@]1(N)CCOC1. The van der Waals surface area contributed by atoms with Gasteiger partial charge in [-0.15, -0.1) is 0 Å². The summed E-state index contributed by atoms with van der Waals surface area (Å²) in [5.41, 5.74) is 10.4. The highest BCUT2D eigenvalue weighted by Gasteiger charge is 2.42. The lowest BCUT2D eigenvalue weighted by atomic mass is 9.91. The Morgan fingerprint density at radius 2 is 2.13 bits per heavy atom. The molecule has 2 atom stereocenters. The molecule has 0 aromatic carbocycles. The first-order chi connectivity index (χ1) is 6.75. The number of rotatable bonds is 2. The Hall–Kier alpha value is -0.650. The van der Waals surface area contributed by atoms with E-state index in [1.807, 2.05) is 0 Å². The number of ether oxygens (including phenoxy) is 2. The lowest BCUT2D eigenvalue weighted by Gasteiger charge is -2.30. The van der Waals surface area contributed by atoms with Gasteiger partial charge in [-0.25, -0.2) is 0 Å². The minimum absolute atomic E-state index is 0.313. The molecule has 0 amide bonds. The van der Waals surface area contributed by atoms with Gasteiger partial charge < -0.3 is 20.9 Å². The fourth-order valence-electron chi connectivity index (χ4n) is 1.44.